The van der Waals surface area contributed by atoms with E-state index < -0.39 is 0 Å². The van der Waals surface area contributed by atoms with Gasteiger partial charge in [-0.3, -0.25) is 4.79 Å². The highest BCUT2D eigenvalue weighted by atomic mass is 16.2. The van der Waals surface area contributed by atoms with Crippen molar-refractivity contribution in [2.75, 3.05) is 5.01 Å². The molecule has 0 atom stereocenters. The maximum absolute atomic E-state index is 11.7. The molecule has 0 aromatic carbocycles. The lowest BCUT2D eigenvalue weighted by Crippen LogP contribution is -2.20. The molecule has 1 aromatic heterocycles. The Morgan fingerprint density at radius 1 is 1.44 bits per heavy atom. The molecule has 84 valence electrons. The van der Waals surface area contributed by atoms with E-state index in [0.29, 0.717) is 18.2 Å². The van der Waals surface area contributed by atoms with E-state index in [1.807, 2.05) is 12.1 Å². The summed E-state index contributed by atoms with van der Waals surface area (Å²) < 4.78 is 0. The molecule has 4 heteroatoms. The van der Waals surface area contributed by atoms with E-state index in [1.54, 1.807) is 12.3 Å². The maximum atomic E-state index is 11.7. The molecule has 1 aromatic rings. The number of pyridine rings is 1. The fraction of sp³-hybridized carbons (Fsp3) is 0.417. The quantitative estimate of drug-likeness (QED) is 0.779. The smallest absolute Gasteiger partial charge is 0.254 e. The minimum atomic E-state index is 0.00866. The average Bonchev–Trinajstić information content (AvgIpc) is 2.60. The van der Waals surface area contributed by atoms with Gasteiger partial charge in [0.1, 0.15) is 0 Å². The van der Waals surface area contributed by atoms with Crippen LogP contribution in [0.25, 0.3) is 0 Å². The van der Waals surface area contributed by atoms with Crippen LogP contribution in [-0.4, -0.2) is 16.6 Å². The van der Waals surface area contributed by atoms with Crippen LogP contribution in [0.1, 0.15) is 26.7 Å². The molecule has 2 rings (SSSR count). The van der Waals surface area contributed by atoms with E-state index in [1.165, 1.54) is 5.01 Å². The van der Waals surface area contributed by atoms with Crippen molar-refractivity contribution in [3.63, 3.8) is 0 Å². The van der Waals surface area contributed by atoms with Crippen molar-refractivity contribution in [1.82, 2.24) is 4.98 Å². The van der Waals surface area contributed by atoms with Gasteiger partial charge in [-0.15, -0.1) is 0 Å². The molecular formula is C12H15N3O. The SMILES string of the molecule is CC(C)CC1=NN(c2ccccn2)C(=O)C1. The summed E-state index contributed by atoms with van der Waals surface area (Å²) in [7, 11) is 0. The second-order valence-electron chi connectivity index (χ2n) is 4.33. The summed E-state index contributed by atoms with van der Waals surface area (Å²) in [6.07, 6.45) is 2.96. The van der Waals surface area contributed by atoms with Crippen molar-refractivity contribution in [3.8, 4) is 0 Å². The predicted molar refractivity (Wildman–Crippen MR) is 63.2 cm³/mol. The van der Waals surface area contributed by atoms with Crippen molar-refractivity contribution in [2.24, 2.45) is 11.0 Å². The largest absolute Gasteiger partial charge is 0.272 e. The van der Waals surface area contributed by atoms with Gasteiger partial charge in [0.05, 0.1) is 6.42 Å². The summed E-state index contributed by atoms with van der Waals surface area (Å²) in [4.78, 5) is 15.9. The number of hydrazone groups is 1. The average molecular weight is 217 g/mol. The Kier molecular flexibility index (Phi) is 2.99. The predicted octanol–water partition coefficient (Wildman–Crippen LogP) is 2.22. The number of carbonyl (C=O) groups excluding carboxylic acids is 1. The van der Waals surface area contributed by atoms with Crippen LogP contribution < -0.4 is 5.01 Å². The molecule has 1 amide bonds. The number of anilines is 1. The Bertz CT molecular complexity index is 412. The first-order valence-electron chi connectivity index (χ1n) is 5.47. The van der Waals surface area contributed by atoms with Gasteiger partial charge in [0.2, 0.25) is 0 Å². The van der Waals surface area contributed by atoms with Gasteiger partial charge in [-0.2, -0.15) is 10.1 Å². The summed E-state index contributed by atoms with van der Waals surface area (Å²) in [5.41, 5.74) is 0.950. The van der Waals surface area contributed by atoms with Gasteiger partial charge in [0.25, 0.3) is 5.91 Å². The van der Waals surface area contributed by atoms with Crippen LogP contribution in [0.5, 0.6) is 0 Å². The Morgan fingerprint density at radius 2 is 2.25 bits per heavy atom. The fourth-order valence-electron chi connectivity index (χ4n) is 1.72. The number of nitrogens with zero attached hydrogens (tertiary/aromatic N) is 3. The van der Waals surface area contributed by atoms with Crippen LogP contribution >= 0.6 is 0 Å². The van der Waals surface area contributed by atoms with E-state index in [2.05, 4.69) is 23.9 Å². The molecule has 0 N–H and O–H groups in total. The standard InChI is InChI=1S/C12H15N3O/c1-9(2)7-10-8-12(16)15(14-10)11-5-3-4-6-13-11/h3-6,9H,7-8H2,1-2H3. The van der Waals surface area contributed by atoms with Crippen LogP contribution in [0.3, 0.4) is 0 Å². The third-order valence-electron chi connectivity index (χ3n) is 2.34. The first-order valence-corrected chi connectivity index (χ1v) is 5.47. The van der Waals surface area contributed by atoms with Crippen LogP contribution in [0.15, 0.2) is 29.5 Å². The third-order valence-corrected chi connectivity index (χ3v) is 2.34. The molecule has 2 heterocycles. The molecule has 0 saturated carbocycles. The van der Waals surface area contributed by atoms with E-state index in [9.17, 15) is 4.79 Å². The first kappa shape index (κ1) is 10.8. The number of hydrogen-bond acceptors (Lipinski definition) is 3. The van der Waals surface area contributed by atoms with Crippen molar-refractivity contribution in [2.45, 2.75) is 26.7 Å². The van der Waals surface area contributed by atoms with Gasteiger partial charge in [-0.1, -0.05) is 19.9 Å². The molecule has 0 radical (unpaired) electrons. The summed E-state index contributed by atoms with van der Waals surface area (Å²) in [5, 5.41) is 5.72. The van der Waals surface area contributed by atoms with E-state index in [4.69, 9.17) is 0 Å². The van der Waals surface area contributed by atoms with Crippen LogP contribution in [0, 0.1) is 5.92 Å². The second kappa shape index (κ2) is 4.43. The normalized spacial score (nSPS) is 15.8. The van der Waals surface area contributed by atoms with Crippen molar-refractivity contribution in [3.05, 3.63) is 24.4 Å². The molecular weight excluding hydrogens is 202 g/mol. The van der Waals surface area contributed by atoms with E-state index in [0.717, 1.165) is 12.1 Å². The van der Waals surface area contributed by atoms with Gasteiger partial charge in [-0.05, 0) is 24.5 Å². The van der Waals surface area contributed by atoms with E-state index in [-0.39, 0.29) is 5.91 Å². The molecule has 1 aliphatic heterocycles. The maximum Gasteiger partial charge on any atom is 0.254 e. The zero-order chi connectivity index (χ0) is 11.5. The molecule has 16 heavy (non-hydrogen) atoms. The minimum Gasteiger partial charge on any atom is -0.272 e. The fourth-order valence-corrected chi connectivity index (χ4v) is 1.72. The summed E-state index contributed by atoms with van der Waals surface area (Å²) in [6.45, 7) is 4.24. The minimum absolute atomic E-state index is 0.00866. The van der Waals surface area contributed by atoms with Crippen LogP contribution in [-0.2, 0) is 4.79 Å². The van der Waals surface area contributed by atoms with Gasteiger partial charge >= 0.3 is 0 Å². The highest BCUT2D eigenvalue weighted by Gasteiger charge is 2.25. The van der Waals surface area contributed by atoms with Gasteiger partial charge in [0, 0.05) is 11.9 Å². The van der Waals surface area contributed by atoms with Gasteiger partial charge in [-0.25, -0.2) is 4.98 Å². The van der Waals surface area contributed by atoms with Crippen molar-refractivity contribution in [1.29, 1.82) is 0 Å². The monoisotopic (exact) mass is 217 g/mol. The zero-order valence-electron chi connectivity index (χ0n) is 9.55. The lowest BCUT2D eigenvalue weighted by molar-refractivity contribution is -0.116. The topological polar surface area (TPSA) is 45.6 Å². The molecule has 0 spiro atoms. The Morgan fingerprint density at radius 3 is 2.88 bits per heavy atom. The van der Waals surface area contributed by atoms with Gasteiger partial charge in [0.15, 0.2) is 5.82 Å². The van der Waals surface area contributed by atoms with Crippen molar-refractivity contribution >= 4 is 17.4 Å². The molecule has 0 fully saturated rings. The number of rotatable bonds is 3. The first-order chi connectivity index (χ1) is 7.66. The zero-order valence-corrected chi connectivity index (χ0v) is 9.55. The Hall–Kier alpha value is -1.71. The van der Waals surface area contributed by atoms with Crippen LogP contribution in [0.4, 0.5) is 5.82 Å². The number of hydrogen-bond donors (Lipinski definition) is 0. The number of carbonyl (C=O) groups is 1. The summed E-state index contributed by atoms with van der Waals surface area (Å²) in [6, 6.07) is 5.47. The molecule has 0 unspecified atom stereocenters. The second-order valence-corrected chi connectivity index (χ2v) is 4.33. The highest BCUT2D eigenvalue weighted by Crippen LogP contribution is 2.19. The highest BCUT2D eigenvalue weighted by molar-refractivity contribution is 6.12. The molecule has 1 aliphatic rings. The van der Waals surface area contributed by atoms with Crippen LogP contribution in [0.2, 0.25) is 0 Å². The summed E-state index contributed by atoms with van der Waals surface area (Å²) in [5.74, 6) is 1.14. The van der Waals surface area contributed by atoms with E-state index >= 15 is 0 Å². The third kappa shape index (κ3) is 2.27. The Balaban J connectivity index is 2.17. The molecule has 0 bridgehead atoms. The molecule has 0 saturated heterocycles. The number of aromatic nitrogens is 1. The molecule has 4 nitrogen and oxygen atoms in total. The number of amides is 1. The summed E-state index contributed by atoms with van der Waals surface area (Å²) >= 11 is 0. The Labute approximate surface area is 95.0 Å². The van der Waals surface area contributed by atoms with Crippen molar-refractivity contribution < 1.29 is 4.79 Å². The molecule has 0 aliphatic carbocycles. The lowest BCUT2D eigenvalue weighted by atomic mass is 10.1. The lowest BCUT2D eigenvalue weighted by Gasteiger charge is -2.09. The van der Waals surface area contributed by atoms with Gasteiger partial charge < -0.3 is 0 Å².